The van der Waals surface area contributed by atoms with Crippen molar-refractivity contribution in [3.8, 4) is 16.9 Å². The van der Waals surface area contributed by atoms with Gasteiger partial charge in [-0.15, -0.1) is 0 Å². The maximum Gasteiger partial charge on any atom is 0.355 e. The zero-order valence-electron chi connectivity index (χ0n) is 21.9. The summed E-state index contributed by atoms with van der Waals surface area (Å²) < 4.78 is 3.26. The van der Waals surface area contributed by atoms with Crippen molar-refractivity contribution < 1.29 is 4.79 Å². The molecule has 5 rings (SSSR count). The lowest BCUT2D eigenvalue weighted by atomic mass is 10.0. The number of amides is 1. The van der Waals surface area contributed by atoms with Gasteiger partial charge in [0.15, 0.2) is 5.65 Å². The van der Waals surface area contributed by atoms with E-state index in [2.05, 4.69) is 35.4 Å². The number of aromatic nitrogens is 5. The molecule has 3 aromatic heterocycles. The topological polar surface area (TPSA) is 89.2 Å². The van der Waals surface area contributed by atoms with Crippen molar-refractivity contribution in [1.29, 1.82) is 0 Å². The predicted octanol–water partition coefficient (Wildman–Crippen LogP) is 4.18. The Labute approximate surface area is 226 Å². The molecular weight excluding hydrogens is 502 g/mol. The van der Waals surface area contributed by atoms with E-state index in [1.165, 1.54) is 6.08 Å². The largest absolute Gasteiger partial charge is 0.355 e. The number of benzene rings is 1. The second-order valence-electron chi connectivity index (χ2n) is 9.89. The van der Waals surface area contributed by atoms with Gasteiger partial charge in [0, 0.05) is 44.5 Å². The second-order valence-corrected chi connectivity index (χ2v) is 10.3. The van der Waals surface area contributed by atoms with Crippen molar-refractivity contribution in [2.45, 2.75) is 32.7 Å². The molecule has 1 aromatic carbocycles. The van der Waals surface area contributed by atoms with Crippen LogP contribution in [0, 0.1) is 0 Å². The molecule has 38 heavy (non-hydrogen) atoms. The first-order chi connectivity index (χ1) is 18.2. The second kappa shape index (κ2) is 10.1. The van der Waals surface area contributed by atoms with Gasteiger partial charge in [0.1, 0.15) is 5.82 Å². The van der Waals surface area contributed by atoms with E-state index >= 15 is 0 Å². The zero-order chi connectivity index (χ0) is 27.1. The average molecular weight is 532 g/mol. The maximum absolute atomic E-state index is 13.8. The molecule has 0 bridgehead atoms. The number of carbonyl (C=O) groups excluding carboxylic acids is 1. The highest BCUT2D eigenvalue weighted by Crippen LogP contribution is 2.35. The molecule has 1 fully saturated rings. The molecule has 196 valence electrons. The number of hydrogen-bond acceptors (Lipinski definition) is 6. The minimum atomic E-state index is -0.427. The summed E-state index contributed by atoms with van der Waals surface area (Å²) in [7, 11) is 1.83. The smallest absolute Gasteiger partial charge is 0.350 e. The van der Waals surface area contributed by atoms with E-state index in [1.54, 1.807) is 20.3 Å². The SMILES string of the molecule is C=CC(=O)N1CCN(c2nc(=O)n(-c3ccccc3C(C)C)c3nc(-c4cnn(C)c4)c(Cl)cc23)[C@@H](C)C1. The highest BCUT2D eigenvalue weighted by atomic mass is 35.5. The first-order valence-corrected chi connectivity index (χ1v) is 13.0. The molecular formula is C28H30ClN7O2. The number of para-hydroxylation sites is 1. The van der Waals surface area contributed by atoms with Crippen LogP contribution in [0.25, 0.3) is 28.0 Å². The van der Waals surface area contributed by atoms with E-state index in [4.69, 9.17) is 16.6 Å². The molecule has 10 heteroatoms. The van der Waals surface area contributed by atoms with E-state index in [-0.39, 0.29) is 17.9 Å². The highest BCUT2D eigenvalue weighted by Gasteiger charge is 2.30. The van der Waals surface area contributed by atoms with Gasteiger partial charge in [-0.25, -0.2) is 14.3 Å². The van der Waals surface area contributed by atoms with E-state index in [0.717, 1.165) is 16.8 Å². The Balaban J connectivity index is 1.76. The van der Waals surface area contributed by atoms with Gasteiger partial charge in [0.2, 0.25) is 5.91 Å². The third kappa shape index (κ3) is 4.47. The number of piperazine rings is 1. The summed E-state index contributed by atoms with van der Waals surface area (Å²) in [5.41, 5.74) is 3.07. The Hall–Kier alpha value is -3.98. The standard InChI is InChI=1S/C28H30ClN7O2/c1-6-24(37)34-11-12-35(18(4)15-34)26-21-13-22(29)25(19-14-30-33(5)16-19)31-27(21)36(28(38)32-26)23-10-8-7-9-20(23)17(2)3/h6-10,13-14,16-18H,1,11-12,15H2,2-5H3/t18-/m0/s1. The van der Waals surface area contributed by atoms with E-state index in [0.29, 0.717) is 47.2 Å². The summed E-state index contributed by atoms with van der Waals surface area (Å²) in [4.78, 5) is 39.4. The van der Waals surface area contributed by atoms with Gasteiger partial charge < -0.3 is 9.80 Å². The number of anilines is 1. The van der Waals surface area contributed by atoms with Crippen molar-refractivity contribution in [3.05, 3.63) is 76.5 Å². The minimum absolute atomic E-state index is 0.0849. The Bertz CT molecular complexity index is 1610. The fourth-order valence-corrected chi connectivity index (χ4v) is 5.33. The molecule has 4 aromatic rings. The molecule has 0 N–H and O–H groups in total. The first kappa shape index (κ1) is 25.7. The summed E-state index contributed by atoms with van der Waals surface area (Å²) in [6.45, 7) is 11.3. The number of nitrogens with zero attached hydrogens (tertiary/aromatic N) is 7. The van der Waals surface area contributed by atoms with Gasteiger partial charge in [0.25, 0.3) is 0 Å². The Kier molecular flexibility index (Phi) is 6.79. The number of pyridine rings is 1. The van der Waals surface area contributed by atoms with Crippen molar-refractivity contribution in [2.75, 3.05) is 24.5 Å². The Morgan fingerprint density at radius 2 is 1.97 bits per heavy atom. The zero-order valence-corrected chi connectivity index (χ0v) is 22.7. The number of fused-ring (bicyclic) bond motifs is 1. The van der Waals surface area contributed by atoms with Crippen LogP contribution in [0.1, 0.15) is 32.3 Å². The number of aryl methyl sites for hydroxylation is 1. The van der Waals surface area contributed by atoms with E-state index in [1.807, 2.05) is 50.5 Å². The number of hydrogen-bond donors (Lipinski definition) is 0. The molecule has 1 saturated heterocycles. The van der Waals surface area contributed by atoms with Crippen LogP contribution in [-0.2, 0) is 11.8 Å². The van der Waals surface area contributed by atoms with Crippen molar-refractivity contribution in [1.82, 2.24) is 29.2 Å². The predicted molar refractivity (Wildman–Crippen MR) is 150 cm³/mol. The molecule has 0 saturated carbocycles. The van der Waals surface area contributed by atoms with Gasteiger partial charge in [0.05, 0.1) is 28.0 Å². The number of rotatable bonds is 5. The molecule has 4 heterocycles. The molecule has 1 atom stereocenters. The van der Waals surface area contributed by atoms with Crippen LogP contribution in [0.2, 0.25) is 5.02 Å². The van der Waals surface area contributed by atoms with Gasteiger partial charge >= 0.3 is 5.69 Å². The third-order valence-electron chi connectivity index (χ3n) is 6.97. The maximum atomic E-state index is 13.8. The number of halogens is 1. The van der Waals surface area contributed by atoms with Gasteiger partial charge in [-0.1, -0.05) is 50.2 Å². The van der Waals surface area contributed by atoms with Gasteiger partial charge in [-0.2, -0.15) is 10.1 Å². The van der Waals surface area contributed by atoms with Gasteiger partial charge in [-0.05, 0) is 36.6 Å². The van der Waals surface area contributed by atoms with Crippen molar-refractivity contribution in [3.63, 3.8) is 0 Å². The lowest BCUT2D eigenvalue weighted by molar-refractivity contribution is -0.126. The molecule has 0 unspecified atom stereocenters. The van der Waals surface area contributed by atoms with Crippen LogP contribution >= 0.6 is 11.6 Å². The molecule has 0 aliphatic carbocycles. The molecule has 1 aliphatic rings. The first-order valence-electron chi connectivity index (χ1n) is 12.6. The van der Waals surface area contributed by atoms with E-state index in [9.17, 15) is 9.59 Å². The van der Waals surface area contributed by atoms with Crippen LogP contribution in [0.3, 0.4) is 0 Å². The Morgan fingerprint density at radius 3 is 2.63 bits per heavy atom. The van der Waals surface area contributed by atoms with Gasteiger partial charge in [-0.3, -0.25) is 9.48 Å². The average Bonchev–Trinajstić information content (AvgIpc) is 3.33. The van der Waals surface area contributed by atoms with Crippen LogP contribution in [0.5, 0.6) is 0 Å². The monoisotopic (exact) mass is 531 g/mol. The van der Waals surface area contributed by atoms with E-state index < -0.39 is 5.69 Å². The third-order valence-corrected chi connectivity index (χ3v) is 7.25. The number of carbonyl (C=O) groups is 1. The fraction of sp³-hybridized carbons (Fsp3) is 0.321. The van der Waals surface area contributed by atoms with Crippen LogP contribution in [-0.4, -0.2) is 60.8 Å². The lowest BCUT2D eigenvalue weighted by Gasteiger charge is -2.40. The van der Waals surface area contributed by atoms with Crippen LogP contribution < -0.4 is 10.6 Å². The lowest BCUT2D eigenvalue weighted by Crippen LogP contribution is -2.54. The summed E-state index contributed by atoms with van der Waals surface area (Å²) >= 11 is 6.80. The summed E-state index contributed by atoms with van der Waals surface area (Å²) in [6, 6.07) is 9.55. The quantitative estimate of drug-likeness (QED) is 0.359. The molecule has 0 radical (unpaired) electrons. The molecule has 0 spiro atoms. The Morgan fingerprint density at radius 1 is 1.21 bits per heavy atom. The minimum Gasteiger partial charge on any atom is -0.350 e. The molecule has 1 aliphatic heterocycles. The van der Waals surface area contributed by atoms with Crippen LogP contribution in [0.15, 0.2) is 60.2 Å². The highest BCUT2D eigenvalue weighted by molar-refractivity contribution is 6.33. The fourth-order valence-electron chi connectivity index (χ4n) is 5.07. The van der Waals surface area contributed by atoms with Crippen molar-refractivity contribution in [2.24, 2.45) is 7.05 Å². The summed E-state index contributed by atoms with van der Waals surface area (Å²) in [5.74, 6) is 0.572. The molecule has 9 nitrogen and oxygen atoms in total. The van der Waals surface area contributed by atoms with Crippen LogP contribution in [0.4, 0.5) is 5.82 Å². The molecule has 1 amide bonds. The summed E-state index contributed by atoms with van der Waals surface area (Å²) in [5, 5.41) is 5.37. The normalized spacial score (nSPS) is 15.9. The van der Waals surface area contributed by atoms with Crippen molar-refractivity contribution >= 4 is 34.4 Å². The summed E-state index contributed by atoms with van der Waals surface area (Å²) in [6.07, 6.45) is 4.86.